The van der Waals surface area contributed by atoms with Crippen LogP contribution in [0.1, 0.15) is 55.3 Å². The van der Waals surface area contributed by atoms with Gasteiger partial charge in [-0.2, -0.15) is 0 Å². The SMILES string of the molecule is CN(C)c1ccc(NC(=O)CC(C)(C)C)cc1CN(CC1CC1)C(=O)c1cccs1. The average molecular weight is 428 g/mol. The highest BCUT2D eigenvalue weighted by Crippen LogP contribution is 2.32. The zero-order valence-corrected chi connectivity index (χ0v) is 19.5. The highest BCUT2D eigenvalue weighted by molar-refractivity contribution is 7.12. The molecule has 0 atom stereocenters. The van der Waals surface area contributed by atoms with Crippen molar-refractivity contribution in [2.75, 3.05) is 30.9 Å². The van der Waals surface area contributed by atoms with E-state index in [-0.39, 0.29) is 17.2 Å². The van der Waals surface area contributed by atoms with E-state index in [9.17, 15) is 9.59 Å². The molecule has 2 aromatic rings. The Bertz CT molecular complexity index is 880. The predicted molar refractivity (Wildman–Crippen MR) is 125 cm³/mol. The summed E-state index contributed by atoms with van der Waals surface area (Å²) in [5, 5.41) is 4.97. The summed E-state index contributed by atoms with van der Waals surface area (Å²) >= 11 is 1.49. The van der Waals surface area contributed by atoms with Gasteiger partial charge in [-0.15, -0.1) is 11.3 Å². The number of rotatable bonds is 8. The summed E-state index contributed by atoms with van der Waals surface area (Å²) in [5.74, 6) is 0.700. The van der Waals surface area contributed by atoms with E-state index in [0.29, 0.717) is 18.9 Å². The molecule has 0 saturated heterocycles. The van der Waals surface area contributed by atoms with Crippen molar-refractivity contribution in [1.82, 2.24) is 4.90 Å². The molecule has 1 aromatic carbocycles. The molecule has 30 heavy (non-hydrogen) atoms. The average Bonchev–Trinajstić information content (AvgIpc) is 3.28. The number of carbonyl (C=O) groups excluding carboxylic acids is 2. The second kappa shape index (κ2) is 9.21. The molecule has 1 N–H and O–H groups in total. The molecule has 162 valence electrons. The van der Waals surface area contributed by atoms with Crippen LogP contribution in [-0.2, 0) is 11.3 Å². The van der Waals surface area contributed by atoms with Gasteiger partial charge in [0.1, 0.15) is 0 Å². The van der Waals surface area contributed by atoms with Gasteiger partial charge in [-0.3, -0.25) is 9.59 Å². The maximum Gasteiger partial charge on any atom is 0.264 e. The Hall–Kier alpha value is -2.34. The molecule has 0 unspecified atom stereocenters. The van der Waals surface area contributed by atoms with Crippen LogP contribution in [0, 0.1) is 11.3 Å². The fraction of sp³-hybridized carbons (Fsp3) is 0.500. The van der Waals surface area contributed by atoms with Crippen molar-refractivity contribution in [1.29, 1.82) is 0 Å². The van der Waals surface area contributed by atoms with Crippen LogP contribution in [-0.4, -0.2) is 37.4 Å². The number of nitrogens with one attached hydrogen (secondary N) is 1. The molecule has 0 aliphatic heterocycles. The number of nitrogens with zero attached hydrogens (tertiary/aromatic N) is 2. The molecule has 0 radical (unpaired) electrons. The first kappa shape index (κ1) is 22.3. The van der Waals surface area contributed by atoms with Crippen molar-refractivity contribution in [3.63, 3.8) is 0 Å². The minimum Gasteiger partial charge on any atom is -0.377 e. The van der Waals surface area contributed by atoms with Crippen LogP contribution >= 0.6 is 11.3 Å². The molecule has 0 bridgehead atoms. The number of hydrogen-bond donors (Lipinski definition) is 1. The number of amides is 2. The number of benzene rings is 1. The summed E-state index contributed by atoms with van der Waals surface area (Å²) in [5.41, 5.74) is 2.81. The van der Waals surface area contributed by atoms with E-state index in [1.807, 2.05) is 54.7 Å². The van der Waals surface area contributed by atoms with Gasteiger partial charge in [-0.1, -0.05) is 26.8 Å². The maximum absolute atomic E-state index is 13.1. The van der Waals surface area contributed by atoms with E-state index in [1.165, 1.54) is 24.2 Å². The Balaban J connectivity index is 1.83. The number of hydrogen-bond acceptors (Lipinski definition) is 4. The van der Waals surface area contributed by atoms with Gasteiger partial charge in [-0.25, -0.2) is 0 Å². The van der Waals surface area contributed by atoms with E-state index in [0.717, 1.165) is 28.4 Å². The van der Waals surface area contributed by atoms with E-state index in [2.05, 4.69) is 31.0 Å². The van der Waals surface area contributed by atoms with Crippen LogP contribution in [0.5, 0.6) is 0 Å². The van der Waals surface area contributed by atoms with Crippen LogP contribution in [0.15, 0.2) is 35.7 Å². The van der Waals surface area contributed by atoms with Gasteiger partial charge < -0.3 is 15.1 Å². The standard InChI is InChI=1S/C24H33N3O2S/c1-24(2,3)14-22(28)25-19-10-11-20(26(4)5)18(13-19)16-27(15-17-8-9-17)23(29)21-7-6-12-30-21/h6-7,10-13,17H,8-9,14-16H2,1-5H3,(H,25,28). The third-order valence-corrected chi connectivity index (χ3v) is 5.95. The van der Waals surface area contributed by atoms with E-state index < -0.39 is 0 Å². The molecular weight excluding hydrogens is 394 g/mol. The molecule has 1 saturated carbocycles. The number of thiophene rings is 1. The molecule has 1 aromatic heterocycles. The number of anilines is 2. The fourth-order valence-electron chi connectivity index (χ4n) is 3.51. The molecule has 2 amide bonds. The molecule has 0 spiro atoms. The second-order valence-electron chi connectivity index (χ2n) is 9.63. The van der Waals surface area contributed by atoms with Gasteiger partial charge >= 0.3 is 0 Å². The lowest BCUT2D eigenvalue weighted by Crippen LogP contribution is -2.32. The van der Waals surface area contributed by atoms with Crippen LogP contribution < -0.4 is 10.2 Å². The van der Waals surface area contributed by atoms with Crippen LogP contribution in [0.4, 0.5) is 11.4 Å². The first-order valence-electron chi connectivity index (χ1n) is 10.6. The molecule has 1 fully saturated rings. The summed E-state index contributed by atoms with van der Waals surface area (Å²) in [6.45, 7) is 7.48. The maximum atomic E-state index is 13.1. The van der Waals surface area contributed by atoms with Gasteiger partial charge in [0, 0.05) is 45.0 Å². The monoisotopic (exact) mass is 427 g/mol. The Morgan fingerprint density at radius 2 is 1.90 bits per heavy atom. The Kier molecular flexibility index (Phi) is 6.86. The van der Waals surface area contributed by atoms with Gasteiger partial charge in [0.25, 0.3) is 5.91 Å². The normalized spacial score (nSPS) is 13.8. The topological polar surface area (TPSA) is 52.7 Å². The van der Waals surface area contributed by atoms with Gasteiger partial charge in [-0.05, 0) is 59.4 Å². The van der Waals surface area contributed by atoms with E-state index in [1.54, 1.807) is 0 Å². The molecule has 6 heteroatoms. The lowest BCUT2D eigenvalue weighted by atomic mass is 9.92. The molecule has 1 aliphatic rings. The van der Waals surface area contributed by atoms with E-state index in [4.69, 9.17) is 0 Å². The van der Waals surface area contributed by atoms with Gasteiger partial charge in [0.15, 0.2) is 0 Å². The number of carbonyl (C=O) groups is 2. The predicted octanol–water partition coefficient (Wildman–Crippen LogP) is 5.24. The fourth-order valence-corrected chi connectivity index (χ4v) is 4.20. The van der Waals surface area contributed by atoms with Crippen molar-refractivity contribution in [2.45, 2.75) is 46.6 Å². The summed E-state index contributed by atoms with van der Waals surface area (Å²) in [6.07, 6.45) is 2.84. The van der Waals surface area contributed by atoms with Gasteiger partial charge in [0.2, 0.25) is 5.91 Å². The van der Waals surface area contributed by atoms with Crippen LogP contribution in [0.2, 0.25) is 0 Å². The Morgan fingerprint density at radius 1 is 1.17 bits per heavy atom. The first-order chi connectivity index (χ1) is 14.1. The molecule has 3 rings (SSSR count). The lowest BCUT2D eigenvalue weighted by molar-refractivity contribution is -0.117. The lowest BCUT2D eigenvalue weighted by Gasteiger charge is -2.26. The van der Waals surface area contributed by atoms with E-state index >= 15 is 0 Å². The molecule has 1 heterocycles. The minimum atomic E-state index is -0.0648. The van der Waals surface area contributed by atoms with Crippen molar-refractivity contribution < 1.29 is 9.59 Å². The van der Waals surface area contributed by atoms with Crippen molar-refractivity contribution in [2.24, 2.45) is 11.3 Å². The van der Waals surface area contributed by atoms with Crippen molar-refractivity contribution >= 4 is 34.5 Å². The van der Waals surface area contributed by atoms with Crippen molar-refractivity contribution in [3.8, 4) is 0 Å². The Labute approximate surface area is 184 Å². The summed E-state index contributed by atoms with van der Waals surface area (Å²) in [4.78, 5) is 30.3. The first-order valence-corrected chi connectivity index (χ1v) is 11.4. The largest absolute Gasteiger partial charge is 0.377 e. The molecule has 5 nitrogen and oxygen atoms in total. The molecule has 1 aliphatic carbocycles. The zero-order chi connectivity index (χ0) is 21.9. The smallest absolute Gasteiger partial charge is 0.264 e. The van der Waals surface area contributed by atoms with Crippen LogP contribution in [0.3, 0.4) is 0 Å². The van der Waals surface area contributed by atoms with Crippen molar-refractivity contribution in [3.05, 3.63) is 46.2 Å². The second-order valence-corrected chi connectivity index (χ2v) is 10.6. The quantitative estimate of drug-likeness (QED) is 0.627. The summed E-state index contributed by atoms with van der Waals surface area (Å²) in [7, 11) is 4.01. The summed E-state index contributed by atoms with van der Waals surface area (Å²) < 4.78 is 0. The Morgan fingerprint density at radius 3 is 2.47 bits per heavy atom. The third kappa shape index (κ3) is 6.33. The highest BCUT2D eigenvalue weighted by Gasteiger charge is 2.28. The third-order valence-electron chi connectivity index (χ3n) is 5.09. The minimum absolute atomic E-state index is 0.00977. The summed E-state index contributed by atoms with van der Waals surface area (Å²) in [6, 6.07) is 9.78. The van der Waals surface area contributed by atoms with Gasteiger partial charge in [0.05, 0.1) is 4.88 Å². The highest BCUT2D eigenvalue weighted by atomic mass is 32.1. The molecular formula is C24H33N3O2S. The van der Waals surface area contributed by atoms with Crippen LogP contribution in [0.25, 0.3) is 0 Å². The zero-order valence-electron chi connectivity index (χ0n) is 18.7.